The number of carbonyl (C=O) groups excluding carboxylic acids is 1. The SMILES string of the molecule is Cn1ncc(C2CC2)c1CNC(=O)C1NCCC2CCCCC21. The van der Waals surface area contributed by atoms with Gasteiger partial charge in [-0.3, -0.25) is 9.48 Å². The second-order valence-electron chi connectivity index (χ2n) is 7.59. The molecule has 1 aromatic rings. The van der Waals surface area contributed by atoms with Crippen molar-refractivity contribution in [2.45, 2.75) is 63.5 Å². The Kier molecular flexibility index (Phi) is 4.14. The molecule has 1 aliphatic heterocycles. The maximum Gasteiger partial charge on any atom is 0.237 e. The van der Waals surface area contributed by atoms with Gasteiger partial charge in [0, 0.05) is 7.05 Å². The van der Waals surface area contributed by atoms with E-state index in [1.807, 2.05) is 17.9 Å². The van der Waals surface area contributed by atoms with Crippen LogP contribution in [0.2, 0.25) is 0 Å². The Hall–Kier alpha value is -1.36. The Morgan fingerprint density at radius 1 is 1.30 bits per heavy atom. The summed E-state index contributed by atoms with van der Waals surface area (Å²) in [5.41, 5.74) is 2.51. The number of nitrogens with zero attached hydrogens (tertiary/aromatic N) is 2. The van der Waals surface area contributed by atoms with Gasteiger partial charge in [-0.1, -0.05) is 19.3 Å². The summed E-state index contributed by atoms with van der Waals surface area (Å²) in [6, 6.07) is 0.00616. The van der Waals surface area contributed by atoms with Crippen LogP contribution in [0, 0.1) is 11.8 Å². The molecule has 2 aliphatic carbocycles. The summed E-state index contributed by atoms with van der Waals surface area (Å²) in [5, 5.41) is 11.1. The van der Waals surface area contributed by atoms with Crippen molar-refractivity contribution in [1.29, 1.82) is 0 Å². The first-order valence-electron chi connectivity index (χ1n) is 9.26. The summed E-state index contributed by atoms with van der Waals surface area (Å²) >= 11 is 0. The first-order valence-corrected chi connectivity index (χ1v) is 9.26. The van der Waals surface area contributed by atoms with E-state index in [0.717, 1.165) is 12.5 Å². The molecular formula is C18H28N4O. The highest BCUT2D eigenvalue weighted by Gasteiger charge is 2.38. The lowest BCUT2D eigenvalue weighted by molar-refractivity contribution is -0.126. The van der Waals surface area contributed by atoms with Gasteiger partial charge in [0.15, 0.2) is 0 Å². The third-order valence-electron chi connectivity index (χ3n) is 6.10. The smallest absolute Gasteiger partial charge is 0.237 e. The molecule has 5 nitrogen and oxygen atoms in total. The van der Waals surface area contributed by atoms with E-state index < -0.39 is 0 Å². The molecule has 126 valence electrons. The van der Waals surface area contributed by atoms with E-state index in [4.69, 9.17) is 0 Å². The number of carbonyl (C=O) groups is 1. The average Bonchev–Trinajstić information content (AvgIpc) is 3.36. The van der Waals surface area contributed by atoms with Crippen molar-refractivity contribution >= 4 is 5.91 Å². The third kappa shape index (κ3) is 3.03. The predicted octanol–water partition coefficient (Wildman–Crippen LogP) is 2.08. The van der Waals surface area contributed by atoms with Crippen LogP contribution in [0.25, 0.3) is 0 Å². The minimum absolute atomic E-state index is 0.00616. The van der Waals surface area contributed by atoms with Crippen molar-refractivity contribution in [2.24, 2.45) is 18.9 Å². The standard InChI is InChI=1S/C18H28N4O/c1-22-16(15(10-21-22)13-6-7-13)11-20-18(23)17-14-5-3-2-4-12(14)8-9-19-17/h10,12-14,17,19H,2-9,11H2,1H3,(H,20,23). The van der Waals surface area contributed by atoms with Crippen molar-refractivity contribution in [1.82, 2.24) is 20.4 Å². The first kappa shape index (κ1) is 15.2. The van der Waals surface area contributed by atoms with E-state index in [1.165, 1.54) is 56.2 Å². The predicted molar refractivity (Wildman–Crippen MR) is 88.9 cm³/mol. The van der Waals surface area contributed by atoms with Crippen molar-refractivity contribution in [3.63, 3.8) is 0 Å². The van der Waals surface area contributed by atoms with Gasteiger partial charge < -0.3 is 10.6 Å². The molecule has 0 spiro atoms. The number of hydrogen-bond acceptors (Lipinski definition) is 3. The molecule has 2 heterocycles. The van der Waals surface area contributed by atoms with Crippen LogP contribution in [0.15, 0.2) is 6.20 Å². The van der Waals surface area contributed by atoms with Crippen LogP contribution in [0.4, 0.5) is 0 Å². The number of nitrogens with one attached hydrogen (secondary N) is 2. The van der Waals surface area contributed by atoms with E-state index >= 15 is 0 Å². The molecule has 0 radical (unpaired) electrons. The molecule has 23 heavy (non-hydrogen) atoms. The third-order valence-corrected chi connectivity index (χ3v) is 6.10. The Balaban J connectivity index is 1.40. The number of fused-ring (bicyclic) bond motifs is 1. The first-order chi connectivity index (χ1) is 11.2. The average molecular weight is 316 g/mol. The topological polar surface area (TPSA) is 59.0 Å². The molecule has 0 aromatic carbocycles. The molecule has 0 bridgehead atoms. The van der Waals surface area contributed by atoms with Crippen LogP contribution >= 0.6 is 0 Å². The Morgan fingerprint density at radius 3 is 2.96 bits per heavy atom. The van der Waals surface area contributed by atoms with Crippen LogP contribution in [-0.2, 0) is 18.4 Å². The lowest BCUT2D eigenvalue weighted by atomic mass is 9.71. The van der Waals surface area contributed by atoms with Gasteiger partial charge in [-0.25, -0.2) is 0 Å². The summed E-state index contributed by atoms with van der Waals surface area (Å²) in [6.07, 6.45) is 10.9. The number of aromatic nitrogens is 2. The van der Waals surface area contributed by atoms with Gasteiger partial charge in [0.25, 0.3) is 0 Å². The zero-order valence-corrected chi connectivity index (χ0v) is 14.1. The Bertz CT molecular complexity index is 576. The molecule has 3 atom stereocenters. The van der Waals surface area contributed by atoms with E-state index in [0.29, 0.717) is 18.4 Å². The van der Waals surface area contributed by atoms with E-state index in [1.54, 1.807) is 0 Å². The molecular weight excluding hydrogens is 288 g/mol. The van der Waals surface area contributed by atoms with Crippen molar-refractivity contribution in [2.75, 3.05) is 6.54 Å². The van der Waals surface area contributed by atoms with Gasteiger partial charge in [-0.05, 0) is 55.5 Å². The Morgan fingerprint density at radius 2 is 2.13 bits per heavy atom. The lowest BCUT2D eigenvalue weighted by Crippen LogP contribution is -2.55. The molecule has 3 fully saturated rings. The van der Waals surface area contributed by atoms with Gasteiger partial charge in [-0.2, -0.15) is 5.10 Å². The van der Waals surface area contributed by atoms with Gasteiger partial charge in [0.2, 0.25) is 5.91 Å². The maximum absolute atomic E-state index is 12.8. The molecule has 1 aromatic heterocycles. The summed E-state index contributed by atoms with van der Waals surface area (Å²) in [7, 11) is 1.98. The van der Waals surface area contributed by atoms with Gasteiger partial charge in [-0.15, -0.1) is 0 Å². The van der Waals surface area contributed by atoms with Crippen LogP contribution in [-0.4, -0.2) is 28.3 Å². The fourth-order valence-electron chi connectivity index (χ4n) is 4.61. The van der Waals surface area contributed by atoms with Crippen LogP contribution in [0.3, 0.4) is 0 Å². The summed E-state index contributed by atoms with van der Waals surface area (Å²) in [6.45, 7) is 1.59. The molecule has 3 unspecified atom stereocenters. The lowest BCUT2D eigenvalue weighted by Gasteiger charge is -2.41. The zero-order valence-electron chi connectivity index (χ0n) is 14.1. The number of amides is 1. The fourth-order valence-corrected chi connectivity index (χ4v) is 4.61. The molecule has 4 rings (SSSR count). The largest absolute Gasteiger partial charge is 0.349 e. The molecule has 3 aliphatic rings. The van der Waals surface area contributed by atoms with E-state index in [9.17, 15) is 4.79 Å². The van der Waals surface area contributed by atoms with Gasteiger partial charge in [0.05, 0.1) is 24.5 Å². The van der Waals surface area contributed by atoms with E-state index in [2.05, 4.69) is 15.7 Å². The number of rotatable bonds is 4. The number of piperidine rings is 1. The second kappa shape index (κ2) is 6.27. The van der Waals surface area contributed by atoms with Crippen LogP contribution in [0.1, 0.15) is 62.1 Å². The Labute approximate surface area is 138 Å². The van der Waals surface area contributed by atoms with Crippen LogP contribution < -0.4 is 10.6 Å². The maximum atomic E-state index is 12.8. The zero-order chi connectivity index (χ0) is 15.8. The summed E-state index contributed by atoms with van der Waals surface area (Å²) in [5.74, 6) is 2.14. The molecule has 2 N–H and O–H groups in total. The highest BCUT2D eigenvalue weighted by Crippen LogP contribution is 2.41. The highest BCUT2D eigenvalue weighted by molar-refractivity contribution is 5.82. The van der Waals surface area contributed by atoms with Crippen LogP contribution in [0.5, 0.6) is 0 Å². The number of hydrogen-bond donors (Lipinski definition) is 2. The molecule has 5 heteroatoms. The van der Waals surface area contributed by atoms with Crippen molar-refractivity contribution in [3.8, 4) is 0 Å². The highest BCUT2D eigenvalue weighted by atomic mass is 16.2. The molecule has 2 saturated carbocycles. The quantitative estimate of drug-likeness (QED) is 0.894. The minimum Gasteiger partial charge on any atom is -0.349 e. The molecule has 1 amide bonds. The minimum atomic E-state index is 0.00616. The van der Waals surface area contributed by atoms with E-state index in [-0.39, 0.29) is 11.9 Å². The summed E-state index contributed by atoms with van der Waals surface area (Å²) < 4.78 is 1.92. The normalized spacial score (nSPS) is 30.7. The fraction of sp³-hybridized carbons (Fsp3) is 0.778. The van der Waals surface area contributed by atoms with Gasteiger partial charge >= 0.3 is 0 Å². The number of aryl methyl sites for hydroxylation is 1. The van der Waals surface area contributed by atoms with Crippen molar-refractivity contribution in [3.05, 3.63) is 17.5 Å². The van der Waals surface area contributed by atoms with Gasteiger partial charge in [0.1, 0.15) is 0 Å². The second-order valence-corrected chi connectivity index (χ2v) is 7.59. The molecule has 1 saturated heterocycles. The van der Waals surface area contributed by atoms with Crippen molar-refractivity contribution < 1.29 is 4.79 Å². The summed E-state index contributed by atoms with van der Waals surface area (Å²) in [4.78, 5) is 12.8. The monoisotopic (exact) mass is 316 g/mol.